The Labute approximate surface area is 87.8 Å². The lowest BCUT2D eigenvalue weighted by Gasteiger charge is -2.24. The summed E-state index contributed by atoms with van der Waals surface area (Å²) in [5.41, 5.74) is 0. The summed E-state index contributed by atoms with van der Waals surface area (Å²) in [4.78, 5) is 0. The molecule has 0 aromatic heterocycles. The molecule has 0 aliphatic carbocycles. The Balaban J connectivity index is 2.07. The van der Waals surface area contributed by atoms with Gasteiger partial charge in [0.15, 0.2) is 0 Å². The summed E-state index contributed by atoms with van der Waals surface area (Å²) >= 11 is 0. The predicted octanol–water partition coefficient (Wildman–Crippen LogP) is -0.845. The van der Waals surface area contributed by atoms with E-state index in [2.05, 4.69) is 8.37 Å². The third-order valence-corrected chi connectivity index (χ3v) is 4.42. The molecule has 2 unspecified atom stereocenters. The van der Waals surface area contributed by atoms with Crippen molar-refractivity contribution in [3.05, 3.63) is 0 Å². The van der Waals surface area contributed by atoms with Gasteiger partial charge < -0.3 is 0 Å². The van der Waals surface area contributed by atoms with Gasteiger partial charge in [0, 0.05) is 6.42 Å². The van der Waals surface area contributed by atoms with Gasteiger partial charge in [-0.3, -0.25) is 4.18 Å². The van der Waals surface area contributed by atoms with Gasteiger partial charge in [-0.05, 0) is 6.42 Å². The topological polar surface area (TPSA) is 96.0 Å². The van der Waals surface area contributed by atoms with Gasteiger partial charge in [-0.2, -0.15) is 16.8 Å². The highest BCUT2D eigenvalue weighted by molar-refractivity contribution is 7.86. The van der Waals surface area contributed by atoms with Crippen molar-refractivity contribution in [3.63, 3.8) is 0 Å². The third-order valence-electron chi connectivity index (χ3n) is 2.21. The maximum absolute atomic E-state index is 11.0. The summed E-state index contributed by atoms with van der Waals surface area (Å²) in [6.45, 7) is -0.00704. The summed E-state index contributed by atoms with van der Waals surface area (Å²) in [6.07, 6.45) is -0.920. The first-order valence-electron chi connectivity index (χ1n) is 4.37. The average Bonchev–Trinajstić information content (AvgIpc) is 2.44. The number of hydrogen-bond donors (Lipinski definition) is 0. The minimum absolute atomic E-state index is 0.00704. The molecule has 88 valence electrons. The van der Waals surface area contributed by atoms with Crippen molar-refractivity contribution >= 4 is 20.5 Å². The van der Waals surface area contributed by atoms with E-state index in [9.17, 15) is 16.8 Å². The molecule has 0 saturated carbocycles. The van der Waals surface area contributed by atoms with Crippen molar-refractivity contribution in [1.82, 2.24) is 0 Å². The fourth-order valence-corrected chi connectivity index (χ4v) is 3.63. The average molecular weight is 258 g/mol. The SMILES string of the molecule is O=S1(=O)CCC(C2CCOS(=O)(=O)O2)O1. The van der Waals surface area contributed by atoms with E-state index >= 15 is 0 Å². The molecule has 0 aromatic rings. The Hall–Kier alpha value is -0.220. The molecule has 2 atom stereocenters. The van der Waals surface area contributed by atoms with Crippen LogP contribution in [0.15, 0.2) is 0 Å². The molecule has 15 heavy (non-hydrogen) atoms. The fourth-order valence-electron chi connectivity index (χ4n) is 1.53. The molecule has 0 aromatic carbocycles. The van der Waals surface area contributed by atoms with Gasteiger partial charge in [-0.1, -0.05) is 0 Å². The molecule has 0 N–H and O–H groups in total. The summed E-state index contributed by atoms with van der Waals surface area (Å²) < 4.78 is 57.5. The van der Waals surface area contributed by atoms with Gasteiger partial charge in [0.1, 0.15) is 12.2 Å². The van der Waals surface area contributed by atoms with E-state index in [1.54, 1.807) is 0 Å². The second-order valence-corrected chi connectivity index (χ2v) is 6.30. The molecule has 0 radical (unpaired) electrons. The Morgan fingerprint density at radius 3 is 2.13 bits per heavy atom. The lowest BCUT2D eigenvalue weighted by Crippen LogP contribution is -2.37. The van der Waals surface area contributed by atoms with Crippen molar-refractivity contribution < 1.29 is 29.4 Å². The van der Waals surface area contributed by atoms with Gasteiger partial charge in [0.2, 0.25) is 0 Å². The molecule has 2 saturated heterocycles. The Morgan fingerprint density at radius 1 is 0.933 bits per heavy atom. The van der Waals surface area contributed by atoms with E-state index in [4.69, 9.17) is 4.18 Å². The second-order valence-electron chi connectivity index (χ2n) is 3.34. The molecule has 2 fully saturated rings. The van der Waals surface area contributed by atoms with Crippen LogP contribution in [0.4, 0.5) is 0 Å². The highest BCUT2D eigenvalue weighted by Gasteiger charge is 2.40. The van der Waals surface area contributed by atoms with Gasteiger partial charge in [-0.25, -0.2) is 8.37 Å². The van der Waals surface area contributed by atoms with Crippen LogP contribution < -0.4 is 0 Å². The van der Waals surface area contributed by atoms with Gasteiger partial charge >= 0.3 is 10.4 Å². The predicted molar refractivity (Wildman–Crippen MR) is 47.6 cm³/mol. The van der Waals surface area contributed by atoms with Crippen LogP contribution in [-0.2, 0) is 33.1 Å². The molecule has 0 amide bonds. The maximum Gasteiger partial charge on any atom is 0.400 e. The van der Waals surface area contributed by atoms with Crippen LogP contribution in [0, 0.1) is 0 Å². The Morgan fingerprint density at radius 2 is 1.60 bits per heavy atom. The maximum atomic E-state index is 11.0. The van der Waals surface area contributed by atoms with Crippen LogP contribution in [-0.4, -0.2) is 41.4 Å². The Bertz CT molecular complexity index is 436. The van der Waals surface area contributed by atoms with Crippen molar-refractivity contribution in [2.45, 2.75) is 25.0 Å². The standard InChI is InChI=1S/C6H10O7S2/c7-14(8)4-2-6(12-14)5-1-3-11-15(9,10)13-5/h5-6H,1-4H2. The largest absolute Gasteiger partial charge is 0.400 e. The molecule has 7 nitrogen and oxygen atoms in total. The number of rotatable bonds is 1. The monoisotopic (exact) mass is 258 g/mol. The molecule has 2 heterocycles. The Kier molecular flexibility index (Phi) is 2.75. The van der Waals surface area contributed by atoms with Crippen molar-refractivity contribution in [2.24, 2.45) is 0 Å². The quantitative estimate of drug-likeness (QED) is 0.565. The van der Waals surface area contributed by atoms with Crippen LogP contribution in [0.5, 0.6) is 0 Å². The summed E-state index contributed by atoms with van der Waals surface area (Å²) in [5.74, 6) is -0.0988. The number of hydrogen-bond acceptors (Lipinski definition) is 7. The van der Waals surface area contributed by atoms with E-state index in [-0.39, 0.29) is 18.8 Å². The summed E-state index contributed by atoms with van der Waals surface area (Å²) in [6, 6.07) is 0. The first-order chi connectivity index (χ1) is 6.88. The first kappa shape index (κ1) is 11.3. The highest BCUT2D eigenvalue weighted by Crippen LogP contribution is 2.26. The van der Waals surface area contributed by atoms with Crippen molar-refractivity contribution in [2.75, 3.05) is 12.4 Å². The minimum atomic E-state index is -3.98. The zero-order chi connectivity index (χ0) is 11.1. The van der Waals surface area contributed by atoms with Crippen LogP contribution in [0.3, 0.4) is 0 Å². The molecular formula is C6H10O7S2. The smallest absolute Gasteiger partial charge is 0.264 e. The molecule has 0 bridgehead atoms. The van der Waals surface area contributed by atoms with Crippen LogP contribution >= 0.6 is 0 Å². The van der Waals surface area contributed by atoms with Crippen LogP contribution in [0.2, 0.25) is 0 Å². The highest BCUT2D eigenvalue weighted by atomic mass is 32.3. The lowest BCUT2D eigenvalue weighted by molar-refractivity contribution is 0.0183. The van der Waals surface area contributed by atoms with Crippen LogP contribution in [0.25, 0.3) is 0 Å². The second kappa shape index (κ2) is 3.67. The summed E-state index contributed by atoms with van der Waals surface area (Å²) in [7, 11) is -7.48. The molecule has 2 aliphatic rings. The minimum Gasteiger partial charge on any atom is -0.264 e. The zero-order valence-corrected chi connectivity index (χ0v) is 9.29. The van der Waals surface area contributed by atoms with E-state index in [0.29, 0.717) is 6.42 Å². The van der Waals surface area contributed by atoms with Crippen molar-refractivity contribution in [1.29, 1.82) is 0 Å². The molecule has 2 rings (SSSR count). The summed E-state index contributed by atoms with van der Waals surface area (Å²) in [5, 5.41) is 0. The molecule has 2 aliphatic heterocycles. The van der Waals surface area contributed by atoms with E-state index in [1.165, 1.54) is 0 Å². The lowest BCUT2D eigenvalue weighted by atomic mass is 10.1. The van der Waals surface area contributed by atoms with Crippen molar-refractivity contribution in [3.8, 4) is 0 Å². The molecule has 9 heteroatoms. The van der Waals surface area contributed by atoms with Gasteiger partial charge in [0.25, 0.3) is 10.1 Å². The fraction of sp³-hybridized carbons (Fsp3) is 1.00. The zero-order valence-electron chi connectivity index (χ0n) is 7.66. The van der Waals surface area contributed by atoms with Gasteiger partial charge in [-0.15, -0.1) is 0 Å². The van der Waals surface area contributed by atoms with Crippen LogP contribution in [0.1, 0.15) is 12.8 Å². The molecular weight excluding hydrogens is 248 g/mol. The molecule has 0 spiro atoms. The van der Waals surface area contributed by atoms with E-state index in [0.717, 1.165) is 0 Å². The third kappa shape index (κ3) is 2.67. The first-order valence-corrected chi connectivity index (χ1v) is 7.28. The normalized spacial score (nSPS) is 38.9. The van der Waals surface area contributed by atoms with Gasteiger partial charge in [0.05, 0.1) is 12.4 Å². The van der Waals surface area contributed by atoms with E-state index < -0.39 is 32.7 Å². The van der Waals surface area contributed by atoms with E-state index in [1.807, 2.05) is 0 Å².